The number of benzene rings is 2. The van der Waals surface area contributed by atoms with E-state index in [2.05, 4.69) is 46.1 Å². The minimum absolute atomic E-state index is 0.106. The minimum Gasteiger partial charge on any atom is -0.483 e. The number of piperazine rings is 1. The normalized spacial score (nSPS) is 17.6. The molecule has 1 aliphatic carbocycles. The molecule has 1 saturated heterocycles. The summed E-state index contributed by atoms with van der Waals surface area (Å²) in [6.45, 7) is 6.68. The van der Waals surface area contributed by atoms with Crippen LogP contribution < -0.4 is 15.2 Å². The number of aryl methyl sites for hydroxylation is 1. The first kappa shape index (κ1) is 22.7. The zero-order valence-electron chi connectivity index (χ0n) is 20.0. The van der Waals surface area contributed by atoms with Gasteiger partial charge in [0.25, 0.3) is 0 Å². The highest BCUT2D eigenvalue weighted by molar-refractivity contribution is 5.57. The van der Waals surface area contributed by atoms with Crippen molar-refractivity contribution in [2.45, 2.75) is 51.7 Å². The van der Waals surface area contributed by atoms with Crippen LogP contribution in [-0.2, 0) is 6.54 Å². The van der Waals surface area contributed by atoms with E-state index in [1.807, 2.05) is 36.5 Å². The third kappa shape index (κ3) is 5.17. The summed E-state index contributed by atoms with van der Waals surface area (Å²) in [6.07, 6.45) is 7.52. The molecule has 0 atom stereocenters. The van der Waals surface area contributed by atoms with Gasteiger partial charge >= 0.3 is 5.56 Å². The van der Waals surface area contributed by atoms with Crippen LogP contribution in [0.4, 0.5) is 5.69 Å². The molecule has 1 saturated carbocycles. The summed E-state index contributed by atoms with van der Waals surface area (Å²) in [5.41, 5.74) is 4.07. The molecule has 0 amide bonds. The molecule has 0 N–H and O–H groups in total. The molecule has 34 heavy (non-hydrogen) atoms. The number of ether oxygens (including phenoxy) is 1. The van der Waals surface area contributed by atoms with E-state index in [1.54, 1.807) is 0 Å². The predicted molar refractivity (Wildman–Crippen MR) is 136 cm³/mol. The fourth-order valence-corrected chi connectivity index (χ4v) is 5.08. The lowest BCUT2D eigenvalue weighted by molar-refractivity contribution is 0.152. The van der Waals surface area contributed by atoms with Gasteiger partial charge in [-0.1, -0.05) is 54.4 Å². The Kier molecular flexibility index (Phi) is 6.95. The van der Waals surface area contributed by atoms with Crippen molar-refractivity contribution in [3.8, 4) is 11.4 Å². The fraction of sp³-hybridized carbons (Fsp3) is 0.429. The van der Waals surface area contributed by atoms with Gasteiger partial charge in [0.2, 0.25) is 5.75 Å². The summed E-state index contributed by atoms with van der Waals surface area (Å²) in [5.74, 6) is 0.456. The van der Waals surface area contributed by atoms with Crippen molar-refractivity contribution >= 4 is 5.69 Å². The molecule has 178 valence electrons. The van der Waals surface area contributed by atoms with Crippen LogP contribution >= 0.6 is 0 Å². The summed E-state index contributed by atoms with van der Waals surface area (Å²) < 4.78 is 7.91. The van der Waals surface area contributed by atoms with Crippen LogP contribution in [0.25, 0.3) is 5.69 Å². The Labute approximate surface area is 201 Å². The van der Waals surface area contributed by atoms with Gasteiger partial charge in [-0.3, -0.25) is 9.69 Å². The second-order valence-electron chi connectivity index (χ2n) is 9.54. The Morgan fingerprint density at radius 2 is 1.71 bits per heavy atom. The molecule has 6 heteroatoms. The first-order valence-corrected chi connectivity index (χ1v) is 12.5. The maximum atomic E-state index is 13.6. The van der Waals surface area contributed by atoms with Crippen molar-refractivity contribution in [2.75, 3.05) is 31.1 Å². The van der Waals surface area contributed by atoms with Gasteiger partial charge in [0.1, 0.15) is 5.69 Å². The third-order valence-electron chi connectivity index (χ3n) is 6.95. The van der Waals surface area contributed by atoms with Crippen LogP contribution in [0.3, 0.4) is 0 Å². The molecular weight excluding hydrogens is 424 g/mol. The van der Waals surface area contributed by atoms with E-state index in [4.69, 9.17) is 4.74 Å². The number of aromatic nitrogens is 2. The molecule has 0 unspecified atom stereocenters. The summed E-state index contributed by atoms with van der Waals surface area (Å²) in [5, 5.41) is 4.54. The molecule has 0 bridgehead atoms. The maximum absolute atomic E-state index is 13.6. The van der Waals surface area contributed by atoms with Crippen molar-refractivity contribution in [3.63, 3.8) is 0 Å². The average Bonchev–Trinajstić information content (AvgIpc) is 2.87. The summed E-state index contributed by atoms with van der Waals surface area (Å²) in [6, 6.07) is 18.3. The smallest absolute Gasteiger partial charge is 0.316 e. The third-order valence-corrected chi connectivity index (χ3v) is 6.95. The zero-order valence-corrected chi connectivity index (χ0v) is 20.0. The van der Waals surface area contributed by atoms with Gasteiger partial charge in [0, 0.05) is 32.7 Å². The second kappa shape index (κ2) is 10.4. The Morgan fingerprint density at radius 3 is 2.44 bits per heavy atom. The predicted octanol–water partition coefficient (Wildman–Crippen LogP) is 4.57. The molecule has 2 aromatic carbocycles. The SMILES string of the molecule is Cc1cccc(CN2CCN(c3cnn(-c4ccccc4)c(=O)c3OC3CCCCC3)CC2)c1. The molecule has 0 radical (unpaired) electrons. The van der Waals surface area contributed by atoms with Crippen LogP contribution in [-0.4, -0.2) is 47.0 Å². The molecule has 5 rings (SSSR count). The van der Waals surface area contributed by atoms with Crippen LogP contribution in [0.1, 0.15) is 43.2 Å². The van der Waals surface area contributed by atoms with Crippen molar-refractivity contribution in [1.29, 1.82) is 0 Å². The van der Waals surface area contributed by atoms with Gasteiger partial charge < -0.3 is 9.64 Å². The van der Waals surface area contributed by atoms with Gasteiger partial charge in [0.15, 0.2) is 0 Å². The first-order chi connectivity index (χ1) is 16.7. The van der Waals surface area contributed by atoms with Gasteiger partial charge in [-0.15, -0.1) is 0 Å². The minimum atomic E-state index is -0.170. The highest BCUT2D eigenvalue weighted by atomic mass is 16.5. The molecule has 1 aromatic heterocycles. The van der Waals surface area contributed by atoms with E-state index in [9.17, 15) is 4.79 Å². The van der Waals surface area contributed by atoms with E-state index >= 15 is 0 Å². The van der Waals surface area contributed by atoms with E-state index in [0.29, 0.717) is 5.75 Å². The Morgan fingerprint density at radius 1 is 0.941 bits per heavy atom. The monoisotopic (exact) mass is 458 g/mol. The van der Waals surface area contributed by atoms with Gasteiger partial charge in [0.05, 0.1) is 18.0 Å². The number of hydrogen-bond acceptors (Lipinski definition) is 5. The molecule has 2 aliphatic rings. The van der Waals surface area contributed by atoms with E-state index in [-0.39, 0.29) is 11.7 Å². The van der Waals surface area contributed by atoms with E-state index < -0.39 is 0 Å². The lowest BCUT2D eigenvalue weighted by atomic mass is 9.98. The largest absolute Gasteiger partial charge is 0.483 e. The lowest BCUT2D eigenvalue weighted by Gasteiger charge is -2.37. The second-order valence-corrected chi connectivity index (χ2v) is 9.54. The highest BCUT2D eigenvalue weighted by Gasteiger charge is 2.26. The first-order valence-electron chi connectivity index (χ1n) is 12.5. The standard InChI is InChI=1S/C28H34N4O2/c1-22-9-8-10-23(19-22)21-30-15-17-31(18-16-30)26-20-29-32(24-11-4-2-5-12-24)28(33)27(26)34-25-13-6-3-7-14-25/h2,4-5,8-12,19-20,25H,3,6-7,13-18,21H2,1H3. The molecular formula is C28H34N4O2. The Balaban J connectivity index is 1.37. The Hall–Kier alpha value is -3.12. The molecule has 2 heterocycles. The van der Waals surface area contributed by atoms with Gasteiger partial charge in [-0.2, -0.15) is 9.78 Å². The molecule has 1 aliphatic heterocycles. The van der Waals surface area contributed by atoms with Gasteiger partial charge in [-0.05, 0) is 50.3 Å². The summed E-state index contributed by atoms with van der Waals surface area (Å²) >= 11 is 0. The quantitative estimate of drug-likeness (QED) is 0.541. The molecule has 6 nitrogen and oxygen atoms in total. The fourth-order valence-electron chi connectivity index (χ4n) is 5.08. The van der Waals surface area contributed by atoms with Crippen molar-refractivity contribution in [2.24, 2.45) is 0 Å². The zero-order chi connectivity index (χ0) is 23.3. The molecule has 0 spiro atoms. The number of hydrogen-bond donors (Lipinski definition) is 0. The van der Waals surface area contributed by atoms with Crippen molar-refractivity contribution in [3.05, 3.63) is 82.3 Å². The summed E-state index contributed by atoms with van der Waals surface area (Å²) in [7, 11) is 0. The van der Waals surface area contributed by atoms with Crippen LogP contribution in [0.2, 0.25) is 0 Å². The van der Waals surface area contributed by atoms with E-state index in [0.717, 1.165) is 69.8 Å². The van der Waals surface area contributed by atoms with Crippen molar-refractivity contribution < 1.29 is 4.74 Å². The number of rotatable bonds is 6. The lowest BCUT2D eigenvalue weighted by Crippen LogP contribution is -2.46. The van der Waals surface area contributed by atoms with Gasteiger partial charge in [-0.25, -0.2) is 0 Å². The van der Waals surface area contributed by atoms with E-state index in [1.165, 1.54) is 22.2 Å². The highest BCUT2D eigenvalue weighted by Crippen LogP contribution is 2.30. The van der Waals surface area contributed by atoms with Crippen LogP contribution in [0.15, 0.2) is 65.6 Å². The number of para-hydroxylation sites is 1. The average molecular weight is 459 g/mol. The Bertz CT molecular complexity index is 1150. The number of nitrogens with zero attached hydrogens (tertiary/aromatic N) is 4. The number of anilines is 1. The van der Waals surface area contributed by atoms with Crippen LogP contribution in [0.5, 0.6) is 5.75 Å². The van der Waals surface area contributed by atoms with Crippen molar-refractivity contribution in [1.82, 2.24) is 14.7 Å². The topological polar surface area (TPSA) is 50.6 Å². The van der Waals surface area contributed by atoms with Crippen LogP contribution in [0, 0.1) is 6.92 Å². The molecule has 3 aromatic rings. The molecule has 2 fully saturated rings. The maximum Gasteiger partial charge on any atom is 0.316 e. The summed E-state index contributed by atoms with van der Waals surface area (Å²) in [4.78, 5) is 18.3.